The molecule has 0 saturated carbocycles. The third-order valence-electron chi connectivity index (χ3n) is 6.00. The van der Waals surface area contributed by atoms with E-state index in [-0.39, 0.29) is 17.1 Å². The molecule has 9 heteroatoms. The number of piperazine rings is 1. The Morgan fingerprint density at radius 2 is 1.76 bits per heavy atom. The molecule has 2 aliphatic rings. The van der Waals surface area contributed by atoms with Crippen LogP contribution in [0.25, 0.3) is 0 Å². The van der Waals surface area contributed by atoms with Crippen LogP contribution in [0.4, 0.5) is 18.9 Å². The second kappa shape index (κ2) is 9.91. The topological polar surface area (TPSA) is 51.2 Å². The Kier molecular flexibility index (Phi) is 6.97. The Bertz CT molecular complexity index is 974. The van der Waals surface area contributed by atoms with Crippen LogP contribution < -0.4 is 19.1 Å². The Morgan fingerprint density at radius 1 is 1.03 bits per heavy atom. The van der Waals surface area contributed by atoms with Crippen molar-refractivity contribution in [3.63, 3.8) is 0 Å². The Morgan fingerprint density at radius 3 is 2.48 bits per heavy atom. The lowest BCUT2D eigenvalue weighted by Crippen LogP contribution is -2.47. The molecule has 0 bridgehead atoms. The summed E-state index contributed by atoms with van der Waals surface area (Å²) in [5.41, 5.74) is 1.28. The molecule has 1 atom stereocenters. The third-order valence-corrected chi connectivity index (χ3v) is 6.00. The first-order chi connectivity index (χ1) is 15.8. The van der Waals surface area contributed by atoms with E-state index in [2.05, 4.69) is 14.5 Å². The molecule has 4 rings (SSSR count). The largest absolute Gasteiger partial charge is 0.573 e. The fraction of sp³-hybridized carbons (Fsp3) is 0.458. The number of benzene rings is 2. The number of nitrogens with zero attached hydrogens (tertiary/aromatic N) is 2. The average Bonchev–Trinajstić information content (AvgIpc) is 2.79. The highest BCUT2D eigenvalue weighted by Gasteiger charge is 2.34. The summed E-state index contributed by atoms with van der Waals surface area (Å²) < 4.78 is 54.1. The summed E-state index contributed by atoms with van der Waals surface area (Å²) in [6.07, 6.45) is -4.38. The number of para-hydroxylation sites is 2. The fourth-order valence-corrected chi connectivity index (χ4v) is 4.40. The highest BCUT2D eigenvalue weighted by molar-refractivity contribution is 5.84. The lowest BCUT2D eigenvalue weighted by molar-refractivity contribution is -0.275. The molecule has 0 N–H and O–H groups in total. The molecular formula is C24H27F3N2O4. The van der Waals surface area contributed by atoms with Gasteiger partial charge in [0.15, 0.2) is 11.5 Å². The molecule has 1 fully saturated rings. The number of rotatable bonds is 7. The molecule has 178 valence electrons. The van der Waals surface area contributed by atoms with E-state index in [4.69, 9.17) is 9.47 Å². The maximum Gasteiger partial charge on any atom is 0.573 e. The first-order valence-electron chi connectivity index (χ1n) is 11.0. The smallest absolute Gasteiger partial charge is 0.486 e. The van der Waals surface area contributed by atoms with Crippen LogP contribution in [0.5, 0.6) is 17.2 Å². The van der Waals surface area contributed by atoms with E-state index in [1.165, 1.54) is 25.1 Å². The van der Waals surface area contributed by atoms with E-state index in [9.17, 15) is 18.0 Å². The van der Waals surface area contributed by atoms with E-state index in [1.54, 1.807) is 6.07 Å². The second-order valence-corrected chi connectivity index (χ2v) is 8.17. The van der Waals surface area contributed by atoms with Crippen molar-refractivity contribution in [3.8, 4) is 17.2 Å². The van der Waals surface area contributed by atoms with Crippen LogP contribution in [0.1, 0.15) is 24.8 Å². The number of carbonyl (C=O) groups is 1. The number of alkyl halides is 3. The van der Waals surface area contributed by atoms with Gasteiger partial charge in [-0.3, -0.25) is 9.69 Å². The normalized spacial score (nSPS) is 17.5. The van der Waals surface area contributed by atoms with Gasteiger partial charge in [0.2, 0.25) is 0 Å². The zero-order chi connectivity index (χ0) is 23.4. The van der Waals surface area contributed by atoms with Crippen LogP contribution in [-0.4, -0.2) is 63.0 Å². The molecule has 0 aliphatic carbocycles. The zero-order valence-electron chi connectivity index (χ0n) is 18.4. The summed E-state index contributed by atoms with van der Waals surface area (Å²) in [7, 11) is 0. The van der Waals surface area contributed by atoms with Gasteiger partial charge in [-0.15, -0.1) is 13.2 Å². The number of anilines is 1. The molecule has 1 unspecified atom stereocenters. The van der Waals surface area contributed by atoms with Crippen LogP contribution in [0.3, 0.4) is 0 Å². The molecular weight excluding hydrogens is 437 g/mol. The van der Waals surface area contributed by atoms with E-state index in [0.29, 0.717) is 26.2 Å². The number of carbonyl (C=O) groups excluding carboxylic acids is 1. The Hall–Kier alpha value is -2.94. The van der Waals surface area contributed by atoms with Gasteiger partial charge in [-0.1, -0.05) is 24.3 Å². The van der Waals surface area contributed by atoms with Gasteiger partial charge in [0, 0.05) is 37.7 Å². The number of hydrogen-bond acceptors (Lipinski definition) is 6. The Labute approximate surface area is 190 Å². The van der Waals surface area contributed by atoms with E-state index < -0.39 is 12.3 Å². The number of halogens is 3. The monoisotopic (exact) mass is 464 g/mol. The first-order valence-corrected chi connectivity index (χ1v) is 11.0. The second-order valence-electron chi connectivity index (χ2n) is 8.17. The molecule has 1 saturated heterocycles. The average molecular weight is 464 g/mol. The van der Waals surface area contributed by atoms with Gasteiger partial charge in [-0.25, -0.2) is 0 Å². The number of Topliss-reactive ketones (excluding diaryl/α,β-unsaturated/α-hetero) is 1. The van der Waals surface area contributed by atoms with Crippen molar-refractivity contribution in [1.29, 1.82) is 0 Å². The molecule has 6 nitrogen and oxygen atoms in total. The maximum atomic E-state index is 12.8. The lowest BCUT2D eigenvalue weighted by atomic mass is 9.91. The van der Waals surface area contributed by atoms with E-state index >= 15 is 0 Å². The molecule has 0 spiro atoms. The van der Waals surface area contributed by atoms with Gasteiger partial charge in [0.1, 0.15) is 24.7 Å². The highest BCUT2D eigenvalue weighted by atomic mass is 19.4. The van der Waals surface area contributed by atoms with Crippen LogP contribution in [0.15, 0.2) is 42.5 Å². The number of hydrogen-bond donors (Lipinski definition) is 0. The van der Waals surface area contributed by atoms with Crippen molar-refractivity contribution in [2.24, 2.45) is 0 Å². The van der Waals surface area contributed by atoms with Crippen molar-refractivity contribution in [2.75, 3.05) is 50.8 Å². The molecule has 0 aromatic heterocycles. The van der Waals surface area contributed by atoms with Crippen molar-refractivity contribution in [3.05, 3.63) is 48.0 Å². The SMILES string of the molecule is CC(=O)C(CCN1CCN(c2cccc3c2OCCO3)CC1)c1ccccc1OC(F)(F)F. The van der Waals surface area contributed by atoms with Gasteiger partial charge in [0.05, 0.1) is 5.69 Å². The van der Waals surface area contributed by atoms with Crippen molar-refractivity contribution in [1.82, 2.24) is 4.90 Å². The van der Waals surface area contributed by atoms with E-state index in [0.717, 1.165) is 43.4 Å². The van der Waals surface area contributed by atoms with Crippen LogP contribution >= 0.6 is 0 Å². The molecule has 2 heterocycles. The summed E-state index contributed by atoms with van der Waals surface area (Å²) >= 11 is 0. The highest BCUT2D eigenvalue weighted by Crippen LogP contribution is 2.40. The predicted octanol–water partition coefficient (Wildman–Crippen LogP) is 4.24. The standard InChI is InChI=1S/C24H27F3N2O4/c1-17(30)18(19-5-2-3-7-21(19)33-24(25,26)27)9-10-28-11-13-29(14-12-28)20-6-4-8-22-23(20)32-16-15-31-22/h2-8,18H,9-16H2,1H3. The van der Waals surface area contributed by atoms with Gasteiger partial charge >= 0.3 is 6.36 Å². The molecule has 0 amide bonds. The van der Waals surface area contributed by atoms with Crippen molar-refractivity contribution >= 4 is 11.5 Å². The summed E-state index contributed by atoms with van der Waals surface area (Å²) in [5, 5.41) is 0. The van der Waals surface area contributed by atoms with Crippen LogP contribution in [0, 0.1) is 0 Å². The zero-order valence-corrected chi connectivity index (χ0v) is 18.4. The van der Waals surface area contributed by atoms with Crippen molar-refractivity contribution in [2.45, 2.75) is 25.6 Å². The molecule has 0 radical (unpaired) electrons. The minimum absolute atomic E-state index is 0.181. The van der Waals surface area contributed by atoms with Crippen LogP contribution in [-0.2, 0) is 4.79 Å². The minimum atomic E-state index is -4.81. The van der Waals surface area contributed by atoms with Gasteiger partial charge in [0.25, 0.3) is 0 Å². The van der Waals surface area contributed by atoms with Crippen molar-refractivity contribution < 1.29 is 32.2 Å². The molecule has 2 aliphatic heterocycles. The molecule has 2 aromatic carbocycles. The van der Waals surface area contributed by atoms with E-state index in [1.807, 2.05) is 18.2 Å². The van der Waals surface area contributed by atoms with Gasteiger partial charge < -0.3 is 19.1 Å². The third kappa shape index (κ3) is 5.71. The molecule has 33 heavy (non-hydrogen) atoms. The lowest BCUT2D eigenvalue weighted by Gasteiger charge is -2.37. The maximum absolute atomic E-state index is 12.8. The summed E-state index contributed by atoms with van der Waals surface area (Å²) in [6, 6.07) is 11.8. The Balaban J connectivity index is 1.38. The summed E-state index contributed by atoms with van der Waals surface area (Å²) in [4.78, 5) is 16.8. The summed E-state index contributed by atoms with van der Waals surface area (Å²) in [6.45, 7) is 6.18. The van der Waals surface area contributed by atoms with Gasteiger partial charge in [-0.05, 0) is 38.1 Å². The fourth-order valence-electron chi connectivity index (χ4n) is 4.40. The number of ketones is 1. The van der Waals surface area contributed by atoms with Crippen LogP contribution in [0.2, 0.25) is 0 Å². The quantitative estimate of drug-likeness (QED) is 0.611. The molecule has 2 aromatic rings. The minimum Gasteiger partial charge on any atom is -0.486 e. The predicted molar refractivity (Wildman–Crippen MR) is 117 cm³/mol. The van der Waals surface area contributed by atoms with Gasteiger partial charge in [-0.2, -0.15) is 0 Å². The number of fused-ring (bicyclic) bond motifs is 1. The first kappa shape index (κ1) is 23.2. The summed E-state index contributed by atoms with van der Waals surface area (Å²) in [5.74, 6) is 0.375. The number of ether oxygens (including phenoxy) is 3.